The molecule has 1 atom stereocenters. The first-order valence-corrected chi connectivity index (χ1v) is 9.26. The molecule has 0 aromatic heterocycles. The molecule has 0 bridgehead atoms. The third-order valence-electron chi connectivity index (χ3n) is 4.02. The van der Waals surface area contributed by atoms with Crippen LogP contribution in [0, 0.1) is 11.3 Å². The van der Waals surface area contributed by atoms with Gasteiger partial charge >= 0.3 is 6.18 Å². The van der Waals surface area contributed by atoms with Gasteiger partial charge in [0.1, 0.15) is 16.7 Å². The van der Waals surface area contributed by atoms with E-state index >= 15 is 0 Å². The highest BCUT2D eigenvalue weighted by Gasteiger charge is 2.44. The Morgan fingerprint density at radius 1 is 1.37 bits per heavy atom. The number of halogens is 4. The van der Waals surface area contributed by atoms with Crippen LogP contribution in [-0.4, -0.2) is 65.4 Å². The minimum absolute atomic E-state index is 0. The predicted octanol–water partition coefficient (Wildman–Crippen LogP) is 1.10. The first-order chi connectivity index (χ1) is 12.2. The number of nitrogens with one attached hydrogen (secondary N) is 2. The van der Waals surface area contributed by atoms with Crippen LogP contribution in [0.3, 0.4) is 0 Å². The first-order valence-electron chi connectivity index (χ1n) is 7.78. The molecule has 1 aliphatic rings. The van der Waals surface area contributed by atoms with Gasteiger partial charge < -0.3 is 10.1 Å². The summed E-state index contributed by atoms with van der Waals surface area (Å²) in [5.41, 5.74) is 0.176. The molecule has 0 amide bonds. The Hall–Kier alpha value is -1.58. The summed E-state index contributed by atoms with van der Waals surface area (Å²) >= 11 is 0. The summed E-state index contributed by atoms with van der Waals surface area (Å²) in [7, 11) is -3.03. The van der Waals surface area contributed by atoms with E-state index in [1.54, 1.807) is 0 Å². The number of piperazine rings is 1. The van der Waals surface area contributed by atoms with E-state index in [0.717, 1.165) is 6.07 Å². The summed E-state index contributed by atoms with van der Waals surface area (Å²) in [4.78, 5) is 0.884. The van der Waals surface area contributed by atoms with Crippen LogP contribution in [0.1, 0.15) is 5.56 Å². The van der Waals surface area contributed by atoms with Crippen LogP contribution in [0.2, 0.25) is 0 Å². The summed E-state index contributed by atoms with van der Waals surface area (Å²) in [5.74, 6) is -0.109. The lowest BCUT2D eigenvalue weighted by atomic mass is 10.2. The van der Waals surface area contributed by atoms with Gasteiger partial charge in [0.15, 0.2) is 0 Å². The number of alkyl halides is 3. The van der Waals surface area contributed by atoms with Crippen molar-refractivity contribution < 1.29 is 26.3 Å². The maximum absolute atomic E-state index is 13.4. The summed E-state index contributed by atoms with van der Waals surface area (Å²) < 4.78 is 72.0. The Morgan fingerprint density at radius 3 is 2.52 bits per heavy atom. The molecular weight excluding hydrogens is 409 g/mol. The van der Waals surface area contributed by atoms with Gasteiger partial charge in [-0.3, -0.25) is 4.90 Å². The Balaban J connectivity index is 0.00000364. The zero-order chi connectivity index (χ0) is 19.4. The lowest BCUT2D eigenvalue weighted by Gasteiger charge is -2.35. The fraction of sp³-hybridized carbons (Fsp3) is 0.533. The number of hydrogen-bond donors (Lipinski definition) is 2. The molecule has 0 radical (unpaired) electrons. The van der Waals surface area contributed by atoms with E-state index in [1.807, 2.05) is 10.8 Å². The summed E-state index contributed by atoms with van der Waals surface area (Å²) in [6, 6.07) is 3.51. The van der Waals surface area contributed by atoms with Crippen molar-refractivity contribution in [2.24, 2.45) is 0 Å². The Labute approximate surface area is 161 Å². The highest BCUT2D eigenvalue weighted by molar-refractivity contribution is 7.89. The second-order valence-corrected chi connectivity index (χ2v) is 7.41. The van der Waals surface area contributed by atoms with Crippen LogP contribution in [0.25, 0.3) is 0 Å². The van der Waals surface area contributed by atoms with E-state index in [4.69, 9.17) is 10.00 Å². The fourth-order valence-corrected chi connectivity index (χ4v) is 3.86. The fourth-order valence-electron chi connectivity index (χ4n) is 2.67. The van der Waals surface area contributed by atoms with Gasteiger partial charge in [-0.2, -0.15) is 18.4 Å². The second-order valence-electron chi connectivity index (χ2n) is 5.67. The van der Waals surface area contributed by atoms with Gasteiger partial charge in [0.2, 0.25) is 10.0 Å². The van der Waals surface area contributed by atoms with Crippen LogP contribution in [0.5, 0.6) is 5.75 Å². The van der Waals surface area contributed by atoms with Crippen molar-refractivity contribution in [2.75, 3.05) is 39.8 Å². The van der Waals surface area contributed by atoms with Crippen molar-refractivity contribution in [3.8, 4) is 11.8 Å². The van der Waals surface area contributed by atoms with Gasteiger partial charge in [-0.05, 0) is 18.2 Å². The van der Waals surface area contributed by atoms with Crippen molar-refractivity contribution in [3.05, 3.63) is 23.8 Å². The molecule has 27 heavy (non-hydrogen) atoms. The van der Waals surface area contributed by atoms with Gasteiger partial charge in [-0.25, -0.2) is 13.1 Å². The number of nitriles is 1. The average Bonchev–Trinajstić information content (AvgIpc) is 2.60. The molecule has 0 aliphatic carbocycles. The standard InChI is InChI=1S/C15H19F3N4O3S.ClH/c1-25-12-8-11(9-19)2-3-13(12)26(23,24)21-10-14(15(16,17)18)22-6-4-20-5-7-22;/h2-3,8,14,20-21H,4-7,10H2,1H3;1H. The molecule has 2 rings (SSSR count). The van der Waals surface area contributed by atoms with E-state index in [9.17, 15) is 21.6 Å². The monoisotopic (exact) mass is 428 g/mol. The van der Waals surface area contributed by atoms with E-state index in [-0.39, 0.29) is 41.7 Å². The summed E-state index contributed by atoms with van der Waals surface area (Å²) in [5, 5.41) is 11.8. The van der Waals surface area contributed by atoms with Gasteiger partial charge in [0.25, 0.3) is 0 Å². The molecule has 1 saturated heterocycles. The van der Waals surface area contributed by atoms with E-state index in [2.05, 4.69) is 5.32 Å². The lowest BCUT2D eigenvalue weighted by Crippen LogP contribution is -2.57. The smallest absolute Gasteiger partial charge is 0.405 e. The highest BCUT2D eigenvalue weighted by Crippen LogP contribution is 2.27. The van der Waals surface area contributed by atoms with Crippen LogP contribution in [-0.2, 0) is 10.0 Å². The average molecular weight is 429 g/mol. The topological polar surface area (TPSA) is 94.5 Å². The lowest BCUT2D eigenvalue weighted by molar-refractivity contribution is -0.182. The van der Waals surface area contributed by atoms with Crippen molar-refractivity contribution in [3.63, 3.8) is 0 Å². The van der Waals surface area contributed by atoms with Crippen molar-refractivity contribution in [1.82, 2.24) is 14.9 Å². The molecule has 152 valence electrons. The quantitative estimate of drug-likeness (QED) is 0.704. The minimum atomic E-state index is -4.57. The van der Waals surface area contributed by atoms with E-state index < -0.39 is 28.8 Å². The second kappa shape index (κ2) is 9.57. The summed E-state index contributed by atoms with van der Waals surface area (Å²) in [6.07, 6.45) is -4.57. The third kappa shape index (κ3) is 5.95. The molecule has 1 fully saturated rings. The van der Waals surface area contributed by atoms with Crippen LogP contribution >= 0.6 is 12.4 Å². The van der Waals surface area contributed by atoms with Crippen LogP contribution < -0.4 is 14.8 Å². The van der Waals surface area contributed by atoms with Gasteiger partial charge in [0, 0.05) is 32.7 Å². The first kappa shape index (κ1) is 23.5. The molecule has 1 aliphatic heterocycles. The predicted molar refractivity (Wildman–Crippen MR) is 94.4 cm³/mol. The number of rotatable bonds is 6. The van der Waals surface area contributed by atoms with Gasteiger partial charge in [0.05, 0.1) is 18.7 Å². The zero-order valence-electron chi connectivity index (χ0n) is 14.4. The Bertz CT molecular complexity index is 777. The van der Waals surface area contributed by atoms with Crippen LogP contribution in [0.15, 0.2) is 23.1 Å². The van der Waals surface area contributed by atoms with Crippen molar-refractivity contribution >= 4 is 22.4 Å². The van der Waals surface area contributed by atoms with E-state index in [0.29, 0.717) is 13.1 Å². The molecule has 1 aromatic rings. The van der Waals surface area contributed by atoms with Crippen molar-refractivity contribution in [2.45, 2.75) is 17.1 Å². The molecule has 1 unspecified atom stereocenters. The Morgan fingerprint density at radius 2 is 2.00 bits per heavy atom. The minimum Gasteiger partial charge on any atom is -0.495 e. The zero-order valence-corrected chi connectivity index (χ0v) is 16.0. The molecule has 0 saturated carbocycles. The van der Waals surface area contributed by atoms with Crippen molar-refractivity contribution in [1.29, 1.82) is 5.26 Å². The third-order valence-corrected chi connectivity index (χ3v) is 5.48. The molecular formula is C15H20ClF3N4O3S. The molecule has 1 heterocycles. The highest BCUT2D eigenvalue weighted by atomic mass is 35.5. The van der Waals surface area contributed by atoms with E-state index in [1.165, 1.54) is 24.1 Å². The van der Waals surface area contributed by atoms with Gasteiger partial charge in [-0.1, -0.05) is 0 Å². The number of ether oxygens (including phenoxy) is 1. The summed E-state index contributed by atoms with van der Waals surface area (Å²) in [6.45, 7) is 0.346. The van der Waals surface area contributed by atoms with Crippen LogP contribution in [0.4, 0.5) is 13.2 Å². The molecule has 2 N–H and O–H groups in total. The maximum atomic E-state index is 13.4. The number of sulfonamides is 1. The number of methoxy groups -OCH3 is 1. The normalized spacial score (nSPS) is 16.9. The number of nitrogens with zero attached hydrogens (tertiary/aromatic N) is 2. The Kier molecular flexibility index (Phi) is 8.31. The SMILES string of the molecule is COc1cc(C#N)ccc1S(=O)(=O)NCC(N1CCNCC1)C(F)(F)F.Cl. The number of benzene rings is 1. The number of hydrogen-bond acceptors (Lipinski definition) is 6. The maximum Gasteiger partial charge on any atom is 0.405 e. The molecule has 0 spiro atoms. The molecule has 1 aromatic carbocycles. The molecule has 7 nitrogen and oxygen atoms in total. The van der Waals surface area contributed by atoms with Gasteiger partial charge in [-0.15, -0.1) is 12.4 Å². The largest absolute Gasteiger partial charge is 0.495 e. The molecule has 12 heteroatoms.